The van der Waals surface area contributed by atoms with Crippen molar-refractivity contribution in [3.63, 3.8) is 0 Å². The first-order valence-corrected chi connectivity index (χ1v) is 5.52. The molecule has 1 atom stereocenters. The molecule has 1 nitrogen and oxygen atoms in total. The maximum Gasteiger partial charge on any atom is 0.0345 e. The number of benzene rings is 1. The van der Waals surface area contributed by atoms with Crippen LogP contribution in [0.1, 0.15) is 24.4 Å². The molecule has 0 radical (unpaired) electrons. The Bertz CT molecular complexity index is 281. The third-order valence-corrected chi connectivity index (χ3v) is 3.30. The van der Waals surface area contributed by atoms with E-state index in [0.717, 1.165) is 4.47 Å². The van der Waals surface area contributed by atoms with Gasteiger partial charge < -0.3 is 0 Å². The van der Waals surface area contributed by atoms with E-state index in [1.807, 2.05) is 0 Å². The van der Waals surface area contributed by atoms with Gasteiger partial charge in [0.2, 0.25) is 0 Å². The third kappa shape index (κ3) is 1.94. The number of halogens is 1. The zero-order valence-corrected chi connectivity index (χ0v) is 9.42. The standard InChI is InChI=1S/C11H14BrN/c1-13-8-2-3-11(13)9-4-6-10(12)7-5-9/h4-7,11H,2-3,8H2,1H3/t11-/m1/s1. The Balaban J connectivity index is 2.20. The van der Waals surface area contributed by atoms with E-state index in [4.69, 9.17) is 0 Å². The lowest BCUT2D eigenvalue weighted by Gasteiger charge is -2.19. The smallest absolute Gasteiger partial charge is 0.0345 e. The Morgan fingerprint density at radius 2 is 2.00 bits per heavy atom. The molecule has 0 N–H and O–H groups in total. The maximum atomic E-state index is 3.46. The zero-order valence-electron chi connectivity index (χ0n) is 7.83. The van der Waals surface area contributed by atoms with Crippen molar-refractivity contribution < 1.29 is 0 Å². The van der Waals surface area contributed by atoms with E-state index in [0.29, 0.717) is 6.04 Å². The monoisotopic (exact) mass is 239 g/mol. The van der Waals surface area contributed by atoms with Gasteiger partial charge >= 0.3 is 0 Å². The summed E-state index contributed by atoms with van der Waals surface area (Å²) >= 11 is 3.46. The van der Waals surface area contributed by atoms with Crippen LogP contribution in [0.3, 0.4) is 0 Å². The highest BCUT2D eigenvalue weighted by Crippen LogP contribution is 2.30. The largest absolute Gasteiger partial charge is 0.299 e. The van der Waals surface area contributed by atoms with Crippen molar-refractivity contribution in [2.75, 3.05) is 13.6 Å². The van der Waals surface area contributed by atoms with Crippen molar-refractivity contribution in [2.45, 2.75) is 18.9 Å². The van der Waals surface area contributed by atoms with Gasteiger partial charge in [-0.3, -0.25) is 4.90 Å². The summed E-state index contributed by atoms with van der Waals surface area (Å²) in [6.07, 6.45) is 2.63. The summed E-state index contributed by atoms with van der Waals surface area (Å²) in [5, 5.41) is 0. The molecule has 1 aromatic rings. The minimum Gasteiger partial charge on any atom is -0.299 e. The fourth-order valence-electron chi connectivity index (χ4n) is 2.02. The Morgan fingerprint density at radius 3 is 2.54 bits per heavy atom. The molecule has 0 unspecified atom stereocenters. The van der Waals surface area contributed by atoms with Crippen LogP contribution in [0.5, 0.6) is 0 Å². The molecule has 0 bridgehead atoms. The second-order valence-corrected chi connectivity index (χ2v) is 4.61. The fourth-order valence-corrected chi connectivity index (χ4v) is 2.28. The molecule has 1 saturated heterocycles. The van der Waals surface area contributed by atoms with Gasteiger partial charge in [-0.2, -0.15) is 0 Å². The van der Waals surface area contributed by atoms with Crippen molar-refractivity contribution >= 4 is 15.9 Å². The van der Waals surface area contributed by atoms with Crippen molar-refractivity contribution in [3.8, 4) is 0 Å². The number of rotatable bonds is 1. The predicted octanol–water partition coefficient (Wildman–Crippen LogP) is 3.22. The van der Waals surface area contributed by atoms with Crippen molar-refractivity contribution in [2.24, 2.45) is 0 Å². The Labute approximate surface area is 87.9 Å². The van der Waals surface area contributed by atoms with Gasteiger partial charge in [-0.1, -0.05) is 28.1 Å². The van der Waals surface area contributed by atoms with Crippen molar-refractivity contribution in [1.82, 2.24) is 4.90 Å². The summed E-state index contributed by atoms with van der Waals surface area (Å²) in [7, 11) is 2.21. The highest BCUT2D eigenvalue weighted by molar-refractivity contribution is 9.10. The van der Waals surface area contributed by atoms with Gasteiger partial charge in [-0.05, 0) is 44.1 Å². The Hall–Kier alpha value is -0.340. The van der Waals surface area contributed by atoms with Crippen LogP contribution in [-0.4, -0.2) is 18.5 Å². The molecule has 2 heteroatoms. The fraction of sp³-hybridized carbons (Fsp3) is 0.455. The summed E-state index contributed by atoms with van der Waals surface area (Å²) < 4.78 is 1.16. The van der Waals surface area contributed by atoms with Gasteiger partial charge in [0.1, 0.15) is 0 Å². The van der Waals surface area contributed by atoms with Crippen LogP contribution in [0, 0.1) is 0 Å². The van der Waals surface area contributed by atoms with E-state index < -0.39 is 0 Å². The van der Waals surface area contributed by atoms with Crippen LogP contribution in [0.2, 0.25) is 0 Å². The summed E-state index contributed by atoms with van der Waals surface area (Å²) in [6.45, 7) is 1.24. The minimum atomic E-state index is 0.646. The topological polar surface area (TPSA) is 3.24 Å². The van der Waals surface area contributed by atoms with E-state index in [1.54, 1.807) is 0 Å². The lowest BCUT2D eigenvalue weighted by atomic mass is 10.1. The summed E-state index contributed by atoms with van der Waals surface area (Å²) in [6, 6.07) is 9.34. The number of hydrogen-bond acceptors (Lipinski definition) is 1. The number of hydrogen-bond donors (Lipinski definition) is 0. The molecule has 0 amide bonds. The lowest BCUT2D eigenvalue weighted by Crippen LogP contribution is -2.17. The third-order valence-electron chi connectivity index (χ3n) is 2.78. The zero-order chi connectivity index (χ0) is 9.26. The number of likely N-dealkylation sites (tertiary alicyclic amines) is 1. The van der Waals surface area contributed by atoms with Gasteiger partial charge in [-0.15, -0.1) is 0 Å². The van der Waals surface area contributed by atoms with Gasteiger partial charge in [0.25, 0.3) is 0 Å². The lowest BCUT2D eigenvalue weighted by molar-refractivity contribution is 0.317. The minimum absolute atomic E-state index is 0.646. The van der Waals surface area contributed by atoms with E-state index in [1.165, 1.54) is 24.9 Å². The van der Waals surface area contributed by atoms with Crippen LogP contribution < -0.4 is 0 Å². The SMILES string of the molecule is CN1CCC[C@@H]1c1ccc(Br)cc1. The summed E-state index contributed by atoms with van der Waals surface area (Å²) in [5.74, 6) is 0. The molecular formula is C11H14BrN. The molecule has 1 aromatic carbocycles. The first kappa shape index (κ1) is 9.22. The van der Waals surface area contributed by atoms with Crippen molar-refractivity contribution in [1.29, 1.82) is 0 Å². The van der Waals surface area contributed by atoms with E-state index in [9.17, 15) is 0 Å². The molecular weight excluding hydrogens is 226 g/mol. The average Bonchev–Trinajstić information content (AvgIpc) is 2.53. The second-order valence-electron chi connectivity index (χ2n) is 3.69. The van der Waals surface area contributed by atoms with Gasteiger partial charge in [0, 0.05) is 10.5 Å². The molecule has 1 aliphatic heterocycles. The Morgan fingerprint density at radius 1 is 1.31 bits per heavy atom. The molecule has 0 saturated carbocycles. The quantitative estimate of drug-likeness (QED) is 0.728. The summed E-state index contributed by atoms with van der Waals surface area (Å²) in [5.41, 5.74) is 1.45. The molecule has 1 fully saturated rings. The van der Waals surface area contributed by atoms with Crippen LogP contribution in [-0.2, 0) is 0 Å². The molecule has 1 aliphatic rings. The van der Waals surface area contributed by atoms with E-state index in [-0.39, 0.29) is 0 Å². The van der Waals surface area contributed by atoms with E-state index >= 15 is 0 Å². The van der Waals surface area contributed by atoms with Crippen LogP contribution in [0.4, 0.5) is 0 Å². The second kappa shape index (κ2) is 3.81. The molecule has 0 spiro atoms. The van der Waals surface area contributed by atoms with E-state index in [2.05, 4.69) is 52.1 Å². The first-order chi connectivity index (χ1) is 6.27. The van der Waals surface area contributed by atoms with Gasteiger partial charge in [0.15, 0.2) is 0 Å². The number of nitrogens with zero attached hydrogens (tertiary/aromatic N) is 1. The normalized spacial score (nSPS) is 23.7. The summed E-state index contributed by atoms with van der Waals surface area (Å²) in [4.78, 5) is 2.43. The first-order valence-electron chi connectivity index (χ1n) is 4.73. The van der Waals surface area contributed by atoms with Crippen LogP contribution in [0.25, 0.3) is 0 Å². The van der Waals surface area contributed by atoms with Crippen molar-refractivity contribution in [3.05, 3.63) is 34.3 Å². The van der Waals surface area contributed by atoms with Crippen LogP contribution >= 0.6 is 15.9 Å². The highest BCUT2D eigenvalue weighted by atomic mass is 79.9. The van der Waals surface area contributed by atoms with Crippen LogP contribution in [0.15, 0.2) is 28.7 Å². The molecule has 0 aliphatic carbocycles. The molecule has 0 aromatic heterocycles. The maximum absolute atomic E-state index is 3.46. The molecule has 13 heavy (non-hydrogen) atoms. The highest BCUT2D eigenvalue weighted by Gasteiger charge is 2.21. The van der Waals surface area contributed by atoms with Gasteiger partial charge in [-0.25, -0.2) is 0 Å². The molecule has 2 rings (SSSR count). The molecule has 1 heterocycles. The molecule has 70 valence electrons. The van der Waals surface area contributed by atoms with Gasteiger partial charge in [0.05, 0.1) is 0 Å². The average molecular weight is 240 g/mol. The Kier molecular flexibility index (Phi) is 2.70. The predicted molar refractivity (Wildman–Crippen MR) is 58.7 cm³/mol.